The van der Waals surface area contributed by atoms with Crippen LogP contribution in [0, 0.1) is 0 Å². The molecule has 0 N–H and O–H groups in total. The van der Waals surface area contributed by atoms with Gasteiger partial charge in [0.05, 0.1) is 24.8 Å². The number of hydrogen-bond donors (Lipinski definition) is 0. The molecule has 10 nitrogen and oxygen atoms in total. The van der Waals surface area contributed by atoms with Gasteiger partial charge in [0.2, 0.25) is 0 Å². The van der Waals surface area contributed by atoms with E-state index >= 15 is 0 Å². The largest absolute Gasteiger partial charge is 1.00 e. The fraction of sp³-hybridized carbons (Fsp3) is 0.174. The molecule has 0 aromatic heterocycles. The van der Waals surface area contributed by atoms with Crippen LogP contribution in [-0.2, 0) is 55.2 Å². The lowest BCUT2D eigenvalue weighted by Crippen LogP contribution is -3.00. The van der Waals surface area contributed by atoms with Crippen LogP contribution >= 0.6 is 23.2 Å². The van der Waals surface area contributed by atoms with Crippen molar-refractivity contribution in [2.75, 3.05) is 52.2 Å². The van der Waals surface area contributed by atoms with E-state index in [1.54, 1.807) is 14.2 Å². The second kappa shape index (κ2) is 31.0. The zero-order valence-corrected chi connectivity index (χ0v) is 40.3. The normalized spacial score (nSPS) is 10.4. The molecular formula is C46H47Cl2IO10S3. The third-order valence-electron chi connectivity index (χ3n) is 7.73. The van der Waals surface area contributed by atoms with Gasteiger partial charge in [0.15, 0.2) is 29.4 Å². The van der Waals surface area contributed by atoms with E-state index in [1.807, 2.05) is 121 Å². The summed E-state index contributed by atoms with van der Waals surface area (Å²) in [6.07, 6.45) is 0.681. The smallest absolute Gasteiger partial charge is 0.343 e. The van der Waals surface area contributed by atoms with Gasteiger partial charge in [-0.2, -0.15) is 0 Å². The lowest BCUT2D eigenvalue weighted by atomic mass is 10.2. The molecule has 0 aliphatic rings. The monoisotopic (exact) mass is 1050 g/mol. The summed E-state index contributed by atoms with van der Waals surface area (Å²) in [5.74, 6) is -0.635. The number of rotatable bonds is 15. The number of esters is 2. The van der Waals surface area contributed by atoms with E-state index in [2.05, 4.69) is 52.9 Å². The third-order valence-corrected chi connectivity index (χ3v) is 12.5. The van der Waals surface area contributed by atoms with Crippen LogP contribution in [0.1, 0.15) is 20.7 Å². The Balaban J connectivity index is 0.000000353. The van der Waals surface area contributed by atoms with Crippen molar-refractivity contribution in [1.82, 2.24) is 0 Å². The molecule has 0 aliphatic heterocycles. The quantitative estimate of drug-likeness (QED) is 0.0235. The minimum Gasteiger partial charge on any atom is -1.00 e. The molecular weight excluding hydrogens is 1010 g/mol. The fourth-order valence-corrected chi connectivity index (χ4v) is 9.67. The Hall–Kier alpha value is -3.94. The van der Waals surface area contributed by atoms with E-state index in [0.717, 1.165) is 29.4 Å². The molecule has 16 heteroatoms. The standard InChI is InChI=1S/2C22H21O3S.CH2Cl2.CH4O4S.HI/c2*1-24-16-17-25-22(23)20-14-8-9-15-21(20)26(18-10-4-2-5-11-18)19-12-6-3-7-13-19;2-1-3;1-6(3,4)5-2;/h2*2-15H,16-17H2,1H3;1H2;2H,1H3;1H/q2*+1;;;/p-2. The van der Waals surface area contributed by atoms with E-state index in [1.165, 1.54) is 0 Å². The van der Waals surface area contributed by atoms with Crippen LogP contribution < -0.4 is 29.2 Å². The topological polar surface area (TPSA) is 137 Å². The van der Waals surface area contributed by atoms with Gasteiger partial charge in [-0.1, -0.05) is 97.1 Å². The summed E-state index contributed by atoms with van der Waals surface area (Å²) in [5, 5.41) is 9.06. The summed E-state index contributed by atoms with van der Waals surface area (Å²) in [6, 6.07) is 56.4. The first-order valence-electron chi connectivity index (χ1n) is 18.4. The van der Waals surface area contributed by atoms with Crippen LogP contribution in [0.3, 0.4) is 0 Å². The Morgan fingerprint density at radius 2 is 0.742 bits per heavy atom. The number of alkyl halides is 2. The zero-order valence-electron chi connectivity index (χ0n) is 34.1. The van der Waals surface area contributed by atoms with Crippen molar-refractivity contribution in [3.05, 3.63) is 181 Å². The Morgan fingerprint density at radius 3 is 0.984 bits per heavy atom. The first-order chi connectivity index (χ1) is 29.6. The summed E-state index contributed by atoms with van der Waals surface area (Å²) in [5.41, 5.74) is 1.19. The number of hydrogen-bond acceptors (Lipinski definition) is 10. The van der Waals surface area contributed by atoms with E-state index in [-0.39, 0.29) is 76.3 Å². The molecule has 6 aromatic carbocycles. The van der Waals surface area contributed by atoms with Crippen LogP contribution in [0.25, 0.3) is 0 Å². The average molecular weight is 1050 g/mol. The first kappa shape index (κ1) is 54.2. The summed E-state index contributed by atoms with van der Waals surface area (Å²) in [6.45, 7) is 1.26. The Kier molecular flexibility index (Phi) is 27.1. The predicted molar refractivity (Wildman–Crippen MR) is 240 cm³/mol. The Bertz CT molecular complexity index is 2040. The van der Waals surface area contributed by atoms with Gasteiger partial charge in [0.1, 0.15) is 46.1 Å². The molecule has 62 heavy (non-hydrogen) atoms. The van der Waals surface area contributed by atoms with Gasteiger partial charge in [0.25, 0.3) is 10.1 Å². The number of carbonyl (C=O) groups is 2. The second-order valence-electron chi connectivity index (χ2n) is 12.0. The molecule has 0 atom stereocenters. The molecule has 330 valence electrons. The van der Waals surface area contributed by atoms with Crippen LogP contribution in [-0.4, -0.2) is 72.6 Å². The maximum atomic E-state index is 12.6. The summed E-state index contributed by atoms with van der Waals surface area (Å²) in [7, 11) is -1.32. The zero-order chi connectivity index (χ0) is 44.3. The second-order valence-corrected chi connectivity index (χ2v) is 18.3. The lowest BCUT2D eigenvalue weighted by molar-refractivity contribution is -0.634. The Morgan fingerprint density at radius 1 is 0.500 bits per heavy atom. The van der Waals surface area contributed by atoms with Crippen molar-refractivity contribution in [2.24, 2.45) is 0 Å². The molecule has 0 fully saturated rings. The number of methoxy groups -OCH3 is 2. The number of benzene rings is 6. The van der Waals surface area contributed by atoms with E-state index < -0.39 is 10.1 Å². The van der Waals surface area contributed by atoms with Crippen molar-refractivity contribution in [1.29, 1.82) is 0 Å². The molecule has 0 saturated carbocycles. The van der Waals surface area contributed by atoms with E-state index in [0.29, 0.717) is 30.6 Å². The Labute approximate surface area is 397 Å². The molecule has 0 aliphatic carbocycles. The maximum absolute atomic E-state index is 12.6. The molecule has 0 spiro atoms. The summed E-state index contributed by atoms with van der Waals surface area (Å²) >= 11 is 9.53. The van der Waals surface area contributed by atoms with Crippen LogP contribution in [0.15, 0.2) is 199 Å². The van der Waals surface area contributed by atoms with Gasteiger partial charge in [0, 0.05) is 14.2 Å². The number of carbonyl (C=O) groups excluding carboxylic acids is 2. The van der Waals surface area contributed by atoms with Gasteiger partial charge >= 0.3 is 11.9 Å². The molecule has 0 amide bonds. The number of halogens is 3. The van der Waals surface area contributed by atoms with Gasteiger partial charge < -0.3 is 52.5 Å². The SMILES string of the molecule is COCCOC(=O)c1ccccc1[S+](c1ccccc1)c1ccccc1.COCCOC(=O)c1ccccc1[S+](c1ccccc1)c1ccccc1.CS(=O)(=O)O[O-].ClCCl.[I-]. The minimum absolute atomic E-state index is 0. The maximum Gasteiger partial charge on any atom is 0.343 e. The molecule has 0 unspecified atom stereocenters. The van der Waals surface area contributed by atoms with Crippen molar-refractivity contribution in [3.8, 4) is 0 Å². The molecule has 0 saturated heterocycles. The van der Waals surface area contributed by atoms with Crippen molar-refractivity contribution in [2.45, 2.75) is 29.4 Å². The molecule has 0 bridgehead atoms. The number of ether oxygens (including phenoxy) is 4. The van der Waals surface area contributed by atoms with Crippen LogP contribution in [0.4, 0.5) is 0 Å². The van der Waals surface area contributed by atoms with E-state index in [9.17, 15) is 18.0 Å². The fourth-order valence-electron chi connectivity index (χ4n) is 5.22. The molecule has 6 aromatic rings. The predicted octanol–water partition coefficient (Wildman–Crippen LogP) is 5.83. The highest BCUT2D eigenvalue weighted by Crippen LogP contribution is 2.34. The summed E-state index contributed by atoms with van der Waals surface area (Å²) in [4.78, 5) is 31.8. The molecule has 0 heterocycles. The van der Waals surface area contributed by atoms with Gasteiger partial charge in [-0.3, -0.25) is 0 Å². The molecule has 0 radical (unpaired) electrons. The average Bonchev–Trinajstić information content (AvgIpc) is 3.29. The highest BCUT2D eigenvalue weighted by molar-refractivity contribution is 7.97. The van der Waals surface area contributed by atoms with Gasteiger partial charge in [-0.15, -0.1) is 23.2 Å². The first-order valence-corrected chi connectivity index (χ1v) is 23.8. The van der Waals surface area contributed by atoms with Crippen molar-refractivity contribution >= 4 is 67.0 Å². The van der Waals surface area contributed by atoms with Crippen LogP contribution in [0.5, 0.6) is 0 Å². The third kappa shape index (κ3) is 18.8. The molecule has 6 rings (SSSR count). The van der Waals surface area contributed by atoms with Crippen LogP contribution in [0.2, 0.25) is 0 Å². The van der Waals surface area contributed by atoms with Gasteiger partial charge in [-0.25, -0.2) is 18.0 Å². The van der Waals surface area contributed by atoms with E-state index in [4.69, 9.17) is 47.4 Å². The highest BCUT2D eigenvalue weighted by Gasteiger charge is 2.34. The lowest BCUT2D eigenvalue weighted by Gasteiger charge is -2.11. The van der Waals surface area contributed by atoms with Gasteiger partial charge in [-0.05, 0) is 72.8 Å². The van der Waals surface area contributed by atoms with Crippen molar-refractivity contribution < 1.29 is 70.5 Å². The minimum atomic E-state index is -3.72. The summed E-state index contributed by atoms with van der Waals surface area (Å²) < 4.78 is 42.3. The highest BCUT2D eigenvalue weighted by atomic mass is 127. The van der Waals surface area contributed by atoms with Crippen molar-refractivity contribution in [3.63, 3.8) is 0 Å².